The first-order valence-corrected chi connectivity index (χ1v) is 14.8. The monoisotopic (exact) mass is 607 g/mol. The molecule has 0 aromatic heterocycles. The molecule has 0 spiro atoms. The van der Waals surface area contributed by atoms with Crippen LogP contribution < -0.4 is 9.62 Å². The fourth-order valence-corrected chi connectivity index (χ4v) is 5.77. The Morgan fingerprint density at radius 3 is 2.12 bits per heavy atom. The summed E-state index contributed by atoms with van der Waals surface area (Å²) in [4.78, 5) is 28.5. The van der Waals surface area contributed by atoms with Crippen molar-refractivity contribution in [3.8, 4) is 0 Å². The molecule has 0 unspecified atom stereocenters. The third kappa shape index (κ3) is 8.19. The molecule has 0 bridgehead atoms. The molecule has 0 heterocycles. The van der Waals surface area contributed by atoms with Gasteiger partial charge in [0.1, 0.15) is 18.4 Å². The summed E-state index contributed by atoms with van der Waals surface area (Å²) < 4.78 is 42.2. The van der Waals surface area contributed by atoms with Crippen molar-refractivity contribution in [2.24, 2.45) is 0 Å². The standard InChI is InChI=1S/C29H32Cl2FN3O4S/c1-5-26(28(37)33-29(2,3)4)34(18-20-9-13-23(32)14-10-20)27(36)19-35(24-8-6-7-22(31)17-24)40(38,39)25-15-11-21(30)12-16-25/h6-17,26H,5,18-19H2,1-4H3,(H,33,37)/t26-/m1/s1. The summed E-state index contributed by atoms with van der Waals surface area (Å²) in [5, 5.41) is 3.53. The molecule has 1 N–H and O–H groups in total. The molecule has 40 heavy (non-hydrogen) atoms. The maximum atomic E-state index is 14.0. The Morgan fingerprint density at radius 2 is 1.57 bits per heavy atom. The molecule has 0 saturated carbocycles. The minimum absolute atomic E-state index is 0.0421. The number of carbonyl (C=O) groups is 2. The molecule has 11 heteroatoms. The van der Waals surface area contributed by atoms with Crippen LogP contribution in [0.5, 0.6) is 0 Å². The van der Waals surface area contributed by atoms with Crippen molar-refractivity contribution in [1.82, 2.24) is 10.2 Å². The Kier molecular flexibility index (Phi) is 10.2. The zero-order chi connectivity index (χ0) is 29.7. The van der Waals surface area contributed by atoms with Gasteiger partial charge in [0.05, 0.1) is 10.6 Å². The minimum atomic E-state index is -4.26. The summed E-state index contributed by atoms with van der Waals surface area (Å²) >= 11 is 12.2. The zero-order valence-electron chi connectivity index (χ0n) is 22.7. The van der Waals surface area contributed by atoms with Gasteiger partial charge in [-0.2, -0.15) is 0 Å². The van der Waals surface area contributed by atoms with Gasteiger partial charge in [0, 0.05) is 22.1 Å². The normalized spacial score (nSPS) is 12.5. The van der Waals surface area contributed by atoms with E-state index in [0.29, 0.717) is 10.6 Å². The van der Waals surface area contributed by atoms with Gasteiger partial charge in [0.25, 0.3) is 10.0 Å². The molecule has 0 aliphatic heterocycles. The number of amides is 2. The first-order chi connectivity index (χ1) is 18.7. The lowest BCUT2D eigenvalue weighted by Crippen LogP contribution is -2.55. The number of anilines is 1. The van der Waals surface area contributed by atoms with Crippen LogP contribution in [-0.4, -0.2) is 43.3 Å². The van der Waals surface area contributed by atoms with Crippen LogP contribution in [-0.2, 0) is 26.2 Å². The maximum Gasteiger partial charge on any atom is 0.264 e. The molecule has 2 amide bonds. The molecule has 7 nitrogen and oxygen atoms in total. The molecule has 0 radical (unpaired) electrons. The van der Waals surface area contributed by atoms with Crippen molar-refractivity contribution in [2.45, 2.75) is 57.1 Å². The summed E-state index contributed by atoms with van der Waals surface area (Å²) in [7, 11) is -4.26. The topological polar surface area (TPSA) is 86.8 Å². The number of halogens is 3. The van der Waals surface area contributed by atoms with Gasteiger partial charge in [-0.25, -0.2) is 12.8 Å². The van der Waals surface area contributed by atoms with E-state index in [2.05, 4.69) is 5.32 Å². The van der Waals surface area contributed by atoms with E-state index in [1.807, 2.05) is 20.8 Å². The van der Waals surface area contributed by atoms with Crippen molar-refractivity contribution >= 4 is 50.7 Å². The number of rotatable bonds is 10. The Balaban J connectivity index is 2.07. The van der Waals surface area contributed by atoms with E-state index in [0.717, 1.165) is 4.31 Å². The van der Waals surface area contributed by atoms with Crippen LogP contribution in [0, 0.1) is 5.82 Å². The highest BCUT2D eigenvalue weighted by Gasteiger charge is 2.34. The predicted octanol–water partition coefficient (Wildman–Crippen LogP) is 6.05. The summed E-state index contributed by atoms with van der Waals surface area (Å²) in [6.07, 6.45) is 0.260. The van der Waals surface area contributed by atoms with Gasteiger partial charge in [-0.3, -0.25) is 13.9 Å². The van der Waals surface area contributed by atoms with Gasteiger partial charge in [-0.15, -0.1) is 0 Å². The first kappa shape index (κ1) is 31.4. The zero-order valence-corrected chi connectivity index (χ0v) is 25.0. The number of hydrogen-bond acceptors (Lipinski definition) is 4. The van der Waals surface area contributed by atoms with Crippen molar-refractivity contribution in [3.05, 3.63) is 94.2 Å². The summed E-state index contributed by atoms with van der Waals surface area (Å²) in [6.45, 7) is 6.57. The van der Waals surface area contributed by atoms with E-state index < -0.39 is 39.9 Å². The summed E-state index contributed by atoms with van der Waals surface area (Å²) in [6, 6.07) is 16.4. The van der Waals surface area contributed by atoms with E-state index in [1.165, 1.54) is 65.6 Å². The van der Waals surface area contributed by atoms with E-state index >= 15 is 0 Å². The largest absolute Gasteiger partial charge is 0.350 e. The summed E-state index contributed by atoms with van der Waals surface area (Å²) in [5.41, 5.74) is 0.177. The molecule has 0 fully saturated rings. The number of nitrogens with zero attached hydrogens (tertiary/aromatic N) is 2. The molecule has 0 saturated heterocycles. The number of benzene rings is 3. The van der Waals surface area contributed by atoms with Crippen LogP contribution in [0.15, 0.2) is 77.7 Å². The van der Waals surface area contributed by atoms with Crippen LogP contribution >= 0.6 is 23.2 Å². The van der Waals surface area contributed by atoms with Gasteiger partial charge >= 0.3 is 0 Å². The fraction of sp³-hybridized carbons (Fsp3) is 0.310. The predicted molar refractivity (Wildman–Crippen MR) is 156 cm³/mol. The lowest BCUT2D eigenvalue weighted by atomic mass is 10.1. The first-order valence-electron chi connectivity index (χ1n) is 12.6. The van der Waals surface area contributed by atoms with Crippen molar-refractivity contribution in [2.75, 3.05) is 10.8 Å². The average Bonchev–Trinajstić information content (AvgIpc) is 2.87. The molecule has 1 atom stereocenters. The second kappa shape index (κ2) is 13.0. The lowest BCUT2D eigenvalue weighted by molar-refractivity contribution is -0.141. The van der Waals surface area contributed by atoms with Gasteiger partial charge in [-0.05, 0) is 87.4 Å². The molecular weight excluding hydrogens is 576 g/mol. The number of hydrogen-bond donors (Lipinski definition) is 1. The Morgan fingerprint density at radius 1 is 0.950 bits per heavy atom. The van der Waals surface area contributed by atoms with Crippen LogP contribution in [0.4, 0.5) is 10.1 Å². The quantitative estimate of drug-likeness (QED) is 0.304. The van der Waals surface area contributed by atoms with E-state index in [4.69, 9.17) is 23.2 Å². The third-order valence-corrected chi connectivity index (χ3v) is 8.20. The van der Waals surface area contributed by atoms with Crippen LogP contribution in [0.25, 0.3) is 0 Å². The molecular formula is C29H32Cl2FN3O4S. The molecule has 3 aromatic rings. The maximum absolute atomic E-state index is 14.0. The van der Waals surface area contributed by atoms with E-state index in [9.17, 15) is 22.4 Å². The molecule has 0 aliphatic carbocycles. The van der Waals surface area contributed by atoms with Gasteiger partial charge in [-0.1, -0.05) is 48.3 Å². The van der Waals surface area contributed by atoms with Crippen LogP contribution in [0.3, 0.4) is 0 Å². The van der Waals surface area contributed by atoms with Gasteiger partial charge < -0.3 is 10.2 Å². The average molecular weight is 609 g/mol. The molecule has 3 aromatic carbocycles. The fourth-order valence-electron chi connectivity index (χ4n) is 4.05. The number of sulfonamides is 1. The molecule has 0 aliphatic rings. The highest BCUT2D eigenvalue weighted by molar-refractivity contribution is 7.92. The lowest BCUT2D eigenvalue weighted by Gasteiger charge is -2.34. The number of nitrogens with one attached hydrogen (secondary N) is 1. The van der Waals surface area contributed by atoms with Crippen molar-refractivity contribution < 1.29 is 22.4 Å². The Bertz CT molecular complexity index is 1440. The Hall–Kier alpha value is -3.14. The highest BCUT2D eigenvalue weighted by atomic mass is 35.5. The van der Waals surface area contributed by atoms with Gasteiger partial charge in [0.2, 0.25) is 11.8 Å². The summed E-state index contributed by atoms with van der Waals surface area (Å²) in [5.74, 6) is -1.46. The number of carbonyl (C=O) groups excluding carboxylic acids is 2. The smallest absolute Gasteiger partial charge is 0.264 e. The van der Waals surface area contributed by atoms with Crippen molar-refractivity contribution in [3.63, 3.8) is 0 Å². The van der Waals surface area contributed by atoms with Gasteiger partial charge in [0.15, 0.2) is 0 Å². The second-order valence-corrected chi connectivity index (χ2v) is 13.0. The van der Waals surface area contributed by atoms with Crippen molar-refractivity contribution in [1.29, 1.82) is 0 Å². The minimum Gasteiger partial charge on any atom is -0.350 e. The second-order valence-electron chi connectivity index (χ2n) is 10.3. The van der Waals surface area contributed by atoms with E-state index in [-0.39, 0.29) is 34.5 Å². The molecule has 3 rings (SSSR count). The van der Waals surface area contributed by atoms with E-state index in [1.54, 1.807) is 19.1 Å². The SMILES string of the molecule is CC[C@H](C(=O)NC(C)(C)C)N(Cc1ccc(F)cc1)C(=O)CN(c1cccc(Cl)c1)S(=O)(=O)c1ccc(Cl)cc1. The van der Waals surface area contributed by atoms with Crippen LogP contribution in [0.1, 0.15) is 39.7 Å². The Labute approximate surface area is 244 Å². The van der Waals surface area contributed by atoms with Crippen LogP contribution in [0.2, 0.25) is 10.0 Å². The molecule has 214 valence electrons. The highest BCUT2D eigenvalue weighted by Crippen LogP contribution is 2.28. The third-order valence-electron chi connectivity index (χ3n) is 5.93.